The molecule has 0 aromatic carbocycles. The Hall–Kier alpha value is -0.870. The number of hydrogen-bond acceptors (Lipinski definition) is 3. The number of morpholine rings is 1. The van der Waals surface area contributed by atoms with Gasteiger partial charge in [0.15, 0.2) is 0 Å². The van der Waals surface area contributed by atoms with Crippen LogP contribution >= 0.6 is 0 Å². The molecular weight excluding hydrogens is 228 g/mol. The number of ether oxygens (including phenoxy) is 1. The number of likely N-dealkylation sites (N-methyl/N-ethyl adjacent to an activating group) is 1. The molecule has 18 heavy (non-hydrogen) atoms. The van der Waals surface area contributed by atoms with Gasteiger partial charge in [-0.25, -0.2) is 0 Å². The van der Waals surface area contributed by atoms with E-state index in [2.05, 4.69) is 25.3 Å². The molecule has 104 valence electrons. The molecule has 0 saturated carbocycles. The van der Waals surface area contributed by atoms with E-state index in [0.717, 1.165) is 18.7 Å². The predicted octanol–water partition coefficient (Wildman–Crippen LogP) is 1.52. The van der Waals surface area contributed by atoms with Gasteiger partial charge in [-0.3, -0.25) is 9.69 Å². The first-order valence-electron chi connectivity index (χ1n) is 6.71. The maximum absolute atomic E-state index is 12.2. The summed E-state index contributed by atoms with van der Waals surface area (Å²) in [6.07, 6.45) is 0.213. The van der Waals surface area contributed by atoms with E-state index < -0.39 is 0 Å². The zero-order valence-corrected chi connectivity index (χ0v) is 12.1. The Bertz CT molecular complexity index is 304. The molecule has 2 atom stereocenters. The topological polar surface area (TPSA) is 32.8 Å². The molecule has 0 N–H and O–H groups in total. The van der Waals surface area contributed by atoms with Crippen LogP contribution in [0.15, 0.2) is 12.2 Å². The summed E-state index contributed by atoms with van der Waals surface area (Å²) in [6.45, 7) is 15.4. The molecule has 1 aliphatic rings. The minimum atomic E-state index is 0.182. The maximum atomic E-state index is 12.2. The van der Waals surface area contributed by atoms with Gasteiger partial charge in [-0.05, 0) is 27.7 Å². The molecule has 1 rings (SSSR count). The second-order valence-corrected chi connectivity index (χ2v) is 5.29. The summed E-state index contributed by atoms with van der Waals surface area (Å²) < 4.78 is 5.57. The summed E-state index contributed by atoms with van der Waals surface area (Å²) >= 11 is 0. The van der Waals surface area contributed by atoms with Crippen molar-refractivity contribution < 1.29 is 9.53 Å². The molecule has 0 aromatic rings. The molecule has 0 spiro atoms. The third-order valence-corrected chi connectivity index (χ3v) is 3.27. The standard InChI is InChI=1S/C14H26N2O2/c1-6-15(7-11(2)3)14(17)9-16-8-13(5)18-10-12(16)4/h12-13H,2,6-10H2,1,3-5H3/t12-,13+/m0/s1. The van der Waals surface area contributed by atoms with Gasteiger partial charge in [0, 0.05) is 25.7 Å². The van der Waals surface area contributed by atoms with Crippen LogP contribution in [-0.4, -0.2) is 60.6 Å². The normalized spacial score (nSPS) is 24.9. The summed E-state index contributed by atoms with van der Waals surface area (Å²) in [5.74, 6) is 0.182. The molecule has 1 fully saturated rings. The van der Waals surface area contributed by atoms with Crippen LogP contribution in [0.5, 0.6) is 0 Å². The van der Waals surface area contributed by atoms with Crippen LogP contribution in [0.3, 0.4) is 0 Å². The quantitative estimate of drug-likeness (QED) is 0.697. The molecule has 0 unspecified atom stereocenters. The van der Waals surface area contributed by atoms with Crippen molar-refractivity contribution in [2.45, 2.75) is 39.8 Å². The summed E-state index contributed by atoms with van der Waals surface area (Å²) in [5, 5.41) is 0. The van der Waals surface area contributed by atoms with Gasteiger partial charge in [-0.2, -0.15) is 0 Å². The van der Waals surface area contributed by atoms with E-state index in [4.69, 9.17) is 4.74 Å². The van der Waals surface area contributed by atoms with Crippen LogP contribution in [0.25, 0.3) is 0 Å². The zero-order chi connectivity index (χ0) is 13.7. The lowest BCUT2D eigenvalue weighted by molar-refractivity contribution is -0.135. The molecule has 1 saturated heterocycles. The van der Waals surface area contributed by atoms with Crippen molar-refractivity contribution >= 4 is 5.91 Å². The summed E-state index contributed by atoms with van der Waals surface area (Å²) in [4.78, 5) is 16.3. The largest absolute Gasteiger partial charge is 0.376 e. The van der Waals surface area contributed by atoms with Crippen molar-refractivity contribution in [2.75, 3.05) is 32.8 Å². The van der Waals surface area contributed by atoms with Gasteiger partial charge < -0.3 is 9.64 Å². The van der Waals surface area contributed by atoms with Crippen LogP contribution < -0.4 is 0 Å². The Morgan fingerprint density at radius 1 is 1.50 bits per heavy atom. The molecule has 4 nitrogen and oxygen atoms in total. The van der Waals surface area contributed by atoms with Crippen molar-refractivity contribution in [3.05, 3.63) is 12.2 Å². The maximum Gasteiger partial charge on any atom is 0.237 e. The zero-order valence-electron chi connectivity index (χ0n) is 12.1. The lowest BCUT2D eigenvalue weighted by Gasteiger charge is -2.37. The van der Waals surface area contributed by atoms with Crippen LogP contribution in [0.1, 0.15) is 27.7 Å². The highest BCUT2D eigenvalue weighted by Crippen LogP contribution is 2.11. The van der Waals surface area contributed by atoms with Gasteiger partial charge in [0.25, 0.3) is 0 Å². The van der Waals surface area contributed by atoms with Gasteiger partial charge in [0.1, 0.15) is 0 Å². The van der Waals surface area contributed by atoms with Crippen LogP contribution in [0.2, 0.25) is 0 Å². The van der Waals surface area contributed by atoms with E-state index in [1.165, 1.54) is 0 Å². The van der Waals surface area contributed by atoms with Gasteiger partial charge in [0.2, 0.25) is 5.91 Å². The van der Waals surface area contributed by atoms with Crippen molar-refractivity contribution in [1.82, 2.24) is 9.80 Å². The van der Waals surface area contributed by atoms with E-state index in [-0.39, 0.29) is 12.0 Å². The number of carbonyl (C=O) groups excluding carboxylic acids is 1. The van der Waals surface area contributed by atoms with E-state index >= 15 is 0 Å². The Morgan fingerprint density at radius 2 is 2.17 bits per heavy atom. The van der Waals surface area contributed by atoms with Gasteiger partial charge in [-0.1, -0.05) is 12.2 Å². The molecule has 4 heteroatoms. The minimum absolute atomic E-state index is 0.182. The van der Waals surface area contributed by atoms with Crippen LogP contribution in [0, 0.1) is 0 Å². The Balaban J connectivity index is 2.53. The second kappa shape index (κ2) is 6.90. The van der Waals surface area contributed by atoms with Crippen molar-refractivity contribution in [3.63, 3.8) is 0 Å². The Morgan fingerprint density at radius 3 is 2.72 bits per heavy atom. The first kappa shape index (κ1) is 15.2. The number of amides is 1. The van der Waals surface area contributed by atoms with Crippen molar-refractivity contribution in [3.8, 4) is 0 Å². The molecule has 1 heterocycles. The number of hydrogen-bond donors (Lipinski definition) is 0. The molecule has 1 aliphatic heterocycles. The Labute approximate surface area is 111 Å². The highest BCUT2D eigenvalue weighted by Gasteiger charge is 2.26. The van der Waals surface area contributed by atoms with Gasteiger partial charge >= 0.3 is 0 Å². The summed E-state index contributed by atoms with van der Waals surface area (Å²) in [5.41, 5.74) is 1.02. The molecule has 0 radical (unpaired) electrons. The predicted molar refractivity (Wildman–Crippen MR) is 73.5 cm³/mol. The lowest BCUT2D eigenvalue weighted by Crippen LogP contribution is -2.51. The van der Waals surface area contributed by atoms with E-state index in [1.54, 1.807) is 0 Å². The average molecular weight is 254 g/mol. The highest BCUT2D eigenvalue weighted by atomic mass is 16.5. The smallest absolute Gasteiger partial charge is 0.237 e. The fourth-order valence-electron chi connectivity index (χ4n) is 2.17. The third kappa shape index (κ3) is 4.42. The lowest BCUT2D eigenvalue weighted by atomic mass is 10.2. The fourth-order valence-corrected chi connectivity index (χ4v) is 2.17. The number of rotatable bonds is 5. The SMILES string of the molecule is C=C(C)CN(CC)C(=O)CN1C[C@@H](C)OC[C@@H]1C. The van der Waals surface area contributed by atoms with Crippen LogP contribution in [-0.2, 0) is 9.53 Å². The molecule has 0 bridgehead atoms. The Kier molecular flexibility index (Phi) is 5.82. The van der Waals surface area contributed by atoms with Crippen molar-refractivity contribution in [1.29, 1.82) is 0 Å². The number of nitrogens with zero attached hydrogens (tertiary/aromatic N) is 2. The highest BCUT2D eigenvalue weighted by molar-refractivity contribution is 5.78. The molecular formula is C14H26N2O2. The van der Waals surface area contributed by atoms with Crippen LogP contribution in [0.4, 0.5) is 0 Å². The summed E-state index contributed by atoms with van der Waals surface area (Å²) in [7, 11) is 0. The minimum Gasteiger partial charge on any atom is -0.376 e. The first-order chi connectivity index (χ1) is 8.43. The molecule has 0 aliphatic carbocycles. The van der Waals surface area contributed by atoms with E-state index in [1.807, 2.05) is 18.7 Å². The monoisotopic (exact) mass is 254 g/mol. The fraction of sp³-hybridized carbons (Fsp3) is 0.786. The van der Waals surface area contributed by atoms with E-state index in [0.29, 0.717) is 25.7 Å². The van der Waals surface area contributed by atoms with Crippen molar-refractivity contribution in [2.24, 2.45) is 0 Å². The summed E-state index contributed by atoms with van der Waals surface area (Å²) in [6, 6.07) is 0.314. The van der Waals surface area contributed by atoms with Gasteiger partial charge in [-0.15, -0.1) is 0 Å². The van der Waals surface area contributed by atoms with Gasteiger partial charge in [0.05, 0.1) is 19.3 Å². The molecule has 0 aromatic heterocycles. The molecule has 1 amide bonds. The third-order valence-electron chi connectivity index (χ3n) is 3.27. The second-order valence-electron chi connectivity index (χ2n) is 5.29. The average Bonchev–Trinajstić information content (AvgIpc) is 2.30. The number of carbonyl (C=O) groups is 1. The van der Waals surface area contributed by atoms with E-state index in [9.17, 15) is 4.79 Å². The first-order valence-corrected chi connectivity index (χ1v) is 6.71.